The number of ether oxygens (including phenoxy) is 2. The van der Waals surface area contributed by atoms with Crippen LogP contribution in [-0.4, -0.2) is 39.5 Å². The number of carbonyl (C=O) groups is 1. The lowest BCUT2D eigenvalue weighted by Crippen LogP contribution is -2.29. The van der Waals surface area contributed by atoms with Crippen LogP contribution in [0.2, 0.25) is 0 Å². The van der Waals surface area contributed by atoms with Gasteiger partial charge in [-0.15, -0.1) is 0 Å². The van der Waals surface area contributed by atoms with Crippen LogP contribution < -0.4 is 19.5 Å². The molecule has 0 bridgehead atoms. The van der Waals surface area contributed by atoms with E-state index in [9.17, 15) is 23.3 Å². The second-order valence-corrected chi connectivity index (χ2v) is 8.37. The quantitative estimate of drug-likeness (QED) is 0.263. The number of para-hydroxylation sites is 1. The van der Waals surface area contributed by atoms with Crippen LogP contribution in [0.1, 0.15) is 10.4 Å². The highest BCUT2D eigenvalue weighted by atomic mass is 32.2. The maximum atomic E-state index is 12.7. The van der Waals surface area contributed by atoms with Gasteiger partial charge in [0.25, 0.3) is 21.6 Å². The number of non-ortho nitro benzene ring substituents is 1. The SMILES string of the molecule is COc1ccc(OCCNC(=O)c2ccccc2NS(=O)(=O)c2cccc([N+](=O)[O-])c2)cc1. The monoisotopic (exact) mass is 471 g/mol. The van der Waals surface area contributed by atoms with E-state index < -0.39 is 20.9 Å². The molecule has 10 nitrogen and oxygen atoms in total. The number of anilines is 1. The number of sulfonamides is 1. The summed E-state index contributed by atoms with van der Waals surface area (Å²) in [7, 11) is -2.60. The first kappa shape index (κ1) is 23.5. The van der Waals surface area contributed by atoms with Crippen LogP contribution in [0.3, 0.4) is 0 Å². The molecule has 11 heteroatoms. The predicted octanol–water partition coefficient (Wildman–Crippen LogP) is 3.21. The minimum absolute atomic E-state index is 0.0394. The van der Waals surface area contributed by atoms with E-state index in [1.165, 1.54) is 30.3 Å². The van der Waals surface area contributed by atoms with Crippen molar-refractivity contribution < 1.29 is 27.6 Å². The molecule has 0 radical (unpaired) electrons. The van der Waals surface area contributed by atoms with E-state index in [0.717, 1.165) is 6.07 Å². The van der Waals surface area contributed by atoms with Gasteiger partial charge in [0, 0.05) is 12.1 Å². The van der Waals surface area contributed by atoms with E-state index in [1.54, 1.807) is 43.5 Å². The predicted molar refractivity (Wildman–Crippen MR) is 121 cm³/mol. The average molecular weight is 471 g/mol. The fraction of sp³-hybridized carbons (Fsp3) is 0.136. The summed E-state index contributed by atoms with van der Waals surface area (Å²) in [6, 6.07) is 17.6. The molecule has 33 heavy (non-hydrogen) atoms. The van der Waals surface area contributed by atoms with Gasteiger partial charge in [-0.25, -0.2) is 8.42 Å². The van der Waals surface area contributed by atoms with Gasteiger partial charge in [-0.2, -0.15) is 0 Å². The number of amides is 1. The Labute approximate surface area is 190 Å². The van der Waals surface area contributed by atoms with Crippen molar-refractivity contribution in [3.8, 4) is 11.5 Å². The van der Waals surface area contributed by atoms with Crippen LogP contribution in [0.25, 0.3) is 0 Å². The summed E-state index contributed by atoms with van der Waals surface area (Å²) in [6.07, 6.45) is 0. The van der Waals surface area contributed by atoms with Gasteiger partial charge in [-0.05, 0) is 42.5 Å². The Hall–Kier alpha value is -4.12. The first-order chi connectivity index (χ1) is 15.8. The number of nitro benzene ring substituents is 1. The molecule has 3 rings (SSSR count). The largest absolute Gasteiger partial charge is 0.497 e. The lowest BCUT2D eigenvalue weighted by atomic mass is 10.1. The van der Waals surface area contributed by atoms with Crippen LogP contribution in [0, 0.1) is 10.1 Å². The van der Waals surface area contributed by atoms with E-state index in [-0.39, 0.29) is 35.0 Å². The normalized spacial score (nSPS) is 10.8. The number of rotatable bonds is 10. The van der Waals surface area contributed by atoms with Crippen molar-refractivity contribution in [2.24, 2.45) is 0 Å². The standard InChI is InChI=1S/C22H21N3O7S/c1-31-17-9-11-18(12-10-17)32-14-13-23-22(26)20-7-2-3-8-21(20)24-33(29,30)19-6-4-5-16(15-19)25(27)28/h2-12,15,24H,13-14H2,1H3,(H,23,26). The number of nitrogens with one attached hydrogen (secondary N) is 2. The Kier molecular flexibility index (Phi) is 7.46. The third kappa shape index (κ3) is 6.20. The molecular formula is C22H21N3O7S. The van der Waals surface area contributed by atoms with Crippen molar-refractivity contribution >= 4 is 27.3 Å². The van der Waals surface area contributed by atoms with Crippen molar-refractivity contribution in [1.82, 2.24) is 5.32 Å². The number of hydrogen-bond donors (Lipinski definition) is 2. The highest BCUT2D eigenvalue weighted by Crippen LogP contribution is 2.23. The first-order valence-corrected chi connectivity index (χ1v) is 11.2. The van der Waals surface area contributed by atoms with Crippen LogP contribution in [-0.2, 0) is 10.0 Å². The average Bonchev–Trinajstić information content (AvgIpc) is 2.82. The third-order valence-electron chi connectivity index (χ3n) is 4.47. The lowest BCUT2D eigenvalue weighted by molar-refractivity contribution is -0.385. The highest BCUT2D eigenvalue weighted by molar-refractivity contribution is 7.92. The van der Waals surface area contributed by atoms with Crippen molar-refractivity contribution in [2.75, 3.05) is 25.0 Å². The molecule has 0 aliphatic carbocycles. The Balaban J connectivity index is 1.64. The summed E-state index contributed by atoms with van der Waals surface area (Å²) < 4.78 is 38.4. The minimum atomic E-state index is -4.16. The Morgan fingerprint density at radius 1 is 1.00 bits per heavy atom. The van der Waals surface area contributed by atoms with Gasteiger partial charge in [0.1, 0.15) is 18.1 Å². The maximum Gasteiger partial charge on any atom is 0.270 e. The molecule has 1 amide bonds. The fourth-order valence-corrected chi connectivity index (χ4v) is 3.96. The molecule has 0 atom stereocenters. The number of carbonyl (C=O) groups excluding carboxylic acids is 1. The van der Waals surface area contributed by atoms with E-state index in [0.29, 0.717) is 11.5 Å². The maximum absolute atomic E-state index is 12.7. The molecule has 0 aromatic heterocycles. The Morgan fingerprint density at radius 3 is 2.39 bits per heavy atom. The zero-order valence-corrected chi connectivity index (χ0v) is 18.4. The van der Waals surface area contributed by atoms with Gasteiger partial charge in [-0.3, -0.25) is 19.6 Å². The van der Waals surface area contributed by atoms with Gasteiger partial charge in [0.2, 0.25) is 0 Å². The molecule has 3 aromatic carbocycles. The molecule has 0 aliphatic rings. The molecule has 172 valence electrons. The summed E-state index contributed by atoms with van der Waals surface area (Å²) in [6.45, 7) is 0.372. The third-order valence-corrected chi connectivity index (χ3v) is 5.83. The first-order valence-electron chi connectivity index (χ1n) is 9.71. The van der Waals surface area contributed by atoms with Crippen LogP contribution in [0.4, 0.5) is 11.4 Å². The number of nitro groups is 1. The van der Waals surface area contributed by atoms with Crippen LogP contribution in [0.5, 0.6) is 11.5 Å². The second-order valence-electron chi connectivity index (χ2n) is 6.69. The van der Waals surface area contributed by atoms with Gasteiger partial charge in [0.15, 0.2) is 0 Å². The fourth-order valence-electron chi connectivity index (χ4n) is 2.84. The molecule has 0 unspecified atom stereocenters. The van der Waals surface area contributed by atoms with Gasteiger partial charge in [0.05, 0.1) is 34.7 Å². The highest BCUT2D eigenvalue weighted by Gasteiger charge is 2.20. The summed E-state index contributed by atoms with van der Waals surface area (Å²) >= 11 is 0. The van der Waals surface area contributed by atoms with Gasteiger partial charge in [-0.1, -0.05) is 18.2 Å². The van der Waals surface area contributed by atoms with Crippen LogP contribution in [0.15, 0.2) is 77.7 Å². The summed E-state index contributed by atoms with van der Waals surface area (Å²) in [5, 5.41) is 13.6. The van der Waals surface area contributed by atoms with Crippen molar-refractivity contribution in [3.05, 3.63) is 88.5 Å². The molecule has 0 spiro atoms. The molecule has 0 saturated heterocycles. The minimum Gasteiger partial charge on any atom is -0.497 e. The zero-order valence-electron chi connectivity index (χ0n) is 17.6. The summed E-state index contributed by atoms with van der Waals surface area (Å²) in [4.78, 5) is 22.6. The van der Waals surface area contributed by atoms with Crippen molar-refractivity contribution in [1.29, 1.82) is 0 Å². The number of nitrogens with zero attached hydrogens (tertiary/aromatic N) is 1. The van der Waals surface area contributed by atoms with E-state index in [2.05, 4.69) is 10.0 Å². The van der Waals surface area contributed by atoms with Crippen LogP contribution >= 0.6 is 0 Å². The molecule has 3 aromatic rings. The molecule has 0 heterocycles. The van der Waals surface area contributed by atoms with Gasteiger partial charge < -0.3 is 14.8 Å². The Bertz CT molecular complexity index is 1240. The molecule has 0 saturated carbocycles. The van der Waals surface area contributed by atoms with E-state index in [1.807, 2.05) is 0 Å². The number of benzene rings is 3. The number of hydrogen-bond acceptors (Lipinski definition) is 7. The molecule has 0 fully saturated rings. The zero-order chi connectivity index (χ0) is 23.8. The van der Waals surface area contributed by atoms with E-state index in [4.69, 9.17) is 9.47 Å². The summed E-state index contributed by atoms with van der Waals surface area (Å²) in [5.74, 6) is 0.792. The smallest absolute Gasteiger partial charge is 0.270 e. The second kappa shape index (κ2) is 10.5. The van der Waals surface area contributed by atoms with Crippen molar-refractivity contribution in [3.63, 3.8) is 0 Å². The number of methoxy groups -OCH3 is 1. The lowest BCUT2D eigenvalue weighted by Gasteiger charge is -2.13. The van der Waals surface area contributed by atoms with Gasteiger partial charge >= 0.3 is 0 Å². The molecular weight excluding hydrogens is 450 g/mol. The summed E-state index contributed by atoms with van der Waals surface area (Å²) in [5.41, 5.74) is -0.228. The van der Waals surface area contributed by atoms with Crippen molar-refractivity contribution in [2.45, 2.75) is 4.90 Å². The topological polar surface area (TPSA) is 137 Å². The molecule has 0 aliphatic heterocycles. The van der Waals surface area contributed by atoms with E-state index >= 15 is 0 Å². The molecule has 2 N–H and O–H groups in total. The Morgan fingerprint density at radius 2 is 1.70 bits per heavy atom.